The normalized spacial score (nSPS) is 10.5. The lowest BCUT2D eigenvalue weighted by atomic mass is 10.1. The number of benzene rings is 1. The Kier molecular flexibility index (Phi) is 6.84. The molecule has 0 fully saturated rings. The molecule has 0 spiro atoms. The predicted octanol–water partition coefficient (Wildman–Crippen LogP) is 1.86. The van der Waals surface area contributed by atoms with Crippen molar-refractivity contribution in [1.29, 1.82) is 0 Å². The fraction of sp³-hybridized carbons (Fsp3) is 0.263. The number of aromatic nitrogens is 2. The molecule has 1 aromatic heterocycles. The molecule has 136 valence electrons. The summed E-state index contributed by atoms with van der Waals surface area (Å²) in [7, 11) is 0. The Bertz CT molecular complexity index is 848. The van der Waals surface area contributed by atoms with Crippen LogP contribution in [0.4, 0.5) is 0 Å². The van der Waals surface area contributed by atoms with E-state index >= 15 is 0 Å². The Morgan fingerprint density at radius 1 is 1.12 bits per heavy atom. The van der Waals surface area contributed by atoms with Crippen molar-refractivity contribution in [3.63, 3.8) is 0 Å². The van der Waals surface area contributed by atoms with Crippen molar-refractivity contribution < 1.29 is 19.1 Å². The van der Waals surface area contributed by atoms with Crippen molar-refractivity contribution >= 4 is 22.7 Å². The Hall–Kier alpha value is -3.22. The van der Waals surface area contributed by atoms with Gasteiger partial charge in [0, 0.05) is 11.9 Å². The average molecular weight is 356 g/mol. The van der Waals surface area contributed by atoms with Gasteiger partial charge in [-0.1, -0.05) is 43.5 Å². The second-order valence-electron chi connectivity index (χ2n) is 5.44. The summed E-state index contributed by atoms with van der Waals surface area (Å²) >= 11 is 0. The summed E-state index contributed by atoms with van der Waals surface area (Å²) in [6, 6.07) is 7.06. The molecule has 7 heteroatoms. The molecule has 1 heterocycles. The molecule has 0 unspecified atom stereocenters. The van der Waals surface area contributed by atoms with Crippen LogP contribution in [0.1, 0.15) is 6.42 Å². The molecule has 7 nitrogen and oxygen atoms in total. The van der Waals surface area contributed by atoms with Crippen molar-refractivity contribution in [3.8, 4) is 0 Å². The minimum atomic E-state index is -1.16. The quantitative estimate of drug-likeness (QED) is 0.387. The summed E-state index contributed by atoms with van der Waals surface area (Å²) in [6.07, 6.45) is 4.40. The monoisotopic (exact) mass is 356 g/mol. The van der Waals surface area contributed by atoms with Crippen molar-refractivity contribution in [2.24, 2.45) is 5.92 Å². The lowest BCUT2D eigenvalue weighted by Gasteiger charge is -2.15. The van der Waals surface area contributed by atoms with Crippen LogP contribution in [0.15, 0.2) is 60.6 Å². The van der Waals surface area contributed by atoms with Crippen LogP contribution in [0.25, 0.3) is 10.8 Å². The first-order valence-corrected chi connectivity index (χ1v) is 8.08. The lowest BCUT2D eigenvalue weighted by molar-refractivity contribution is -0.161. The second kappa shape index (κ2) is 9.31. The van der Waals surface area contributed by atoms with Crippen LogP contribution in [0, 0.1) is 5.92 Å². The van der Waals surface area contributed by atoms with Gasteiger partial charge in [-0.2, -0.15) is 5.10 Å². The van der Waals surface area contributed by atoms with E-state index in [9.17, 15) is 14.4 Å². The van der Waals surface area contributed by atoms with Crippen LogP contribution >= 0.6 is 0 Å². The number of esters is 2. The Morgan fingerprint density at radius 3 is 2.35 bits per heavy atom. The SMILES string of the molecule is C=CCOC(=O)C(CCn1ncc2ccccc2c1=O)C(=O)OCC=C. The lowest BCUT2D eigenvalue weighted by Crippen LogP contribution is -2.31. The van der Waals surface area contributed by atoms with E-state index in [0.29, 0.717) is 5.39 Å². The summed E-state index contributed by atoms with van der Waals surface area (Å²) in [5.74, 6) is -2.62. The zero-order valence-corrected chi connectivity index (χ0v) is 14.3. The van der Waals surface area contributed by atoms with Gasteiger partial charge in [-0.15, -0.1) is 0 Å². The predicted molar refractivity (Wildman–Crippen MR) is 96.4 cm³/mol. The van der Waals surface area contributed by atoms with Crippen LogP contribution < -0.4 is 5.56 Å². The average Bonchev–Trinajstić information content (AvgIpc) is 2.66. The highest BCUT2D eigenvalue weighted by Gasteiger charge is 2.29. The zero-order valence-electron chi connectivity index (χ0n) is 14.3. The van der Waals surface area contributed by atoms with E-state index in [-0.39, 0.29) is 31.7 Å². The number of hydrogen-bond donors (Lipinski definition) is 0. The van der Waals surface area contributed by atoms with Crippen LogP contribution in [0.3, 0.4) is 0 Å². The van der Waals surface area contributed by atoms with E-state index in [2.05, 4.69) is 18.3 Å². The molecular formula is C19H20N2O5. The maximum atomic E-state index is 12.5. The largest absolute Gasteiger partial charge is 0.461 e. The van der Waals surface area contributed by atoms with E-state index in [1.165, 1.54) is 16.8 Å². The molecule has 0 atom stereocenters. The zero-order chi connectivity index (χ0) is 18.9. The van der Waals surface area contributed by atoms with Gasteiger partial charge in [0.1, 0.15) is 13.2 Å². The molecule has 0 N–H and O–H groups in total. The number of carbonyl (C=O) groups is 2. The minimum Gasteiger partial charge on any atom is -0.461 e. The molecule has 2 rings (SSSR count). The summed E-state index contributed by atoms with van der Waals surface area (Å²) in [6.45, 7) is 6.96. The van der Waals surface area contributed by atoms with Gasteiger partial charge in [0.25, 0.3) is 5.56 Å². The van der Waals surface area contributed by atoms with Crippen LogP contribution in [0.5, 0.6) is 0 Å². The molecule has 0 aliphatic carbocycles. The molecule has 1 aromatic carbocycles. The number of carbonyl (C=O) groups excluding carboxylic acids is 2. The summed E-state index contributed by atoms with van der Waals surface area (Å²) < 4.78 is 11.1. The number of nitrogens with zero attached hydrogens (tertiary/aromatic N) is 2. The maximum absolute atomic E-state index is 12.5. The highest BCUT2D eigenvalue weighted by atomic mass is 16.6. The topological polar surface area (TPSA) is 87.5 Å². The Morgan fingerprint density at radius 2 is 1.73 bits per heavy atom. The van der Waals surface area contributed by atoms with Gasteiger partial charge in [-0.3, -0.25) is 14.4 Å². The van der Waals surface area contributed by atoms with Crippen molar-refractivity contribution in [2.75, 3.05) is 13.2 Å². The van der Waals surface area contributed by atoms with Crippen LogP contribution in [-0.4, -0.2) is 34.9 Å². The molecule has 0 bridgehead atoms. The molecule has 0 radical (unpaired) electrons. The van der Waals surface area contributed by atoms with Crippen molar-refractivity contribution in [2.45, 2.75) is 13.0 Å². The number of aryl methyl sites for hydroxylation is 1. The highest BCUT2D eigenvalue weighted by molar-refractivity contribution is 5.94. The number of hydrogen-bond acceptors (Lipinski definition) is 6. The molecule has 26 heavy (non-hydrogen) atoms. The fourth-order valence-electron chi connectivity index (χ4n) is 2.35. The number of rotatable bonds is 9. The molecule has 0 saturated carbocycles. The second-order valence-corrected chi connectivity index (χ2v) is 5.44. The van der Waals surface area contributed by atoms with Gasteiger partial charge in [0.15, 0.2) is 5.92 Å². The van der Waals surface area contributed by atoms with Gasteiger partial charge < -0.3 is 9.47 Å². The van der Waals surface area contributed by atoms with Gasteiger partial charge in [-0.05, 0) is 12.5 Å². The van der Waals surface area contributed by atoms with Gasteiger partial charge in [0.05, 0.1) is 11.6 Å². The molecule has 0 amide bonds. The molecular weight excluding hydrogens is 336 g/mol. The first-order chi connectivity index (χ1) is 12.6. The van der Waals surface area contributed by atoms with Crippen LogP contribution in [0.2, 0.25) is 0 Å². The first kappa shape index (κ1) is 19.1. The van der Waals surface area contributed by atoms with Gasteiger partial charge in [-0.25, -0.2) is 4.68 Å². The van der Waals surface area contributed by atoms with Crippen molar-refractivity contribution in [1.82, 2.24) is 9.78 Å². The molecule has 2 aromatic rings. The molecule has 0 aliphatic heterocycles. The number of fused-ring (bicyclic) bond motifs is 1. The van der Waals surface area contributed by atoms with Crippen molar-refractivity contribution in [3.05, 3.63) is 66.1 Å². The minimum absolute atomic E-state index is 0.0156. The van der Waals surface area contributed by atoms with E-state index in [0.717, 1.165) is 5.39 Å². The van der Waals surface area contributed by atoms with E-state index < -0.39 is 17.9 Å². The maximum Gasteiger partial charge on any atom is 0.320 e. The number of ether oxygens (including phenoxy) is 2. The third-order valence-electron chi connectivity index (χ3n) is 3.65. The molecule has 0 aliphatic rings. The standard InChI is InChI=1S/C19H20N2O5/c1-3-11-25-18(23)16(19(24)26-12-4-2)9-10-21-17(22)15-8-6-5-7-14(15)13-20-21/h3-8,13,16H,1-2,9-12H2. The summed E-state index contributed by atoms with van der Waals surface area (Å²) in [5.41, 5.74) is -0.291. The Balaban J connectivity index is 2.17. The highest BCUT2D eigenvalue weighted by Crippen LogP contribution is 2.12. The Labute approximate surface area is 150 Å². The summed E-state index contributed by atoms with van der Waals surface area (Å²) in [4.78, 5) is 36.7. The molecule has 0 saturated heterocycles. The fourth-order valence-corrected chi connectivity index (χ4v) is 2.35. The summed E-state index contributed by atoms with van der Waals surface area (Å²) in [5, 5.41) is 5.33. The van der Waals surface area contributed by atoms with E-state index in [1.807, 2.05) is 6.07 Å². The van der Waals surface area contributed by atoms with Gasteiger partial charge >= 0.3 is 11.9 Å². The first-order valence-electron chi connectivity index (χ1n) is 8.08. The third-order valence-corrected chi connectivity index (χ3v) is 3.65. The van der Waals surface area contributed by atoms with Crippen LogP contribution in [-0.2, 0) is 25.6 Å². The smallest absolute Gasteiger partial charge is 0.320 e. The van der Waals surface area contributed by atoms with E-state index in [4.69, 9.17) is 9.47 Å². The van der Waals surface area contributed by atoms with E-state index in [1.54, 1.807) is 24.4 Å². The van der Waals surface area contributed by atoms with Gasteiger partial charge in [0.2, 0.25) is 0 Å². The third kappa shape index (κ3) is 4.66.